The standard InChI is InChI=1S/C17H27NO2/c1-18(2)13-16(17(19)11-5-4-6-12-17)14-7-9-15(20-3)10-8-14/h7-10,16,19H,4-6,11-13H2,1-3H3/i1D3,2D3,3D3,13D2. The van der Waals surface area contributed by atoms with Crippen LogP contribution in [0, 0.1) is 0 Å². The molecular formula is C17H27NO2. The van der Waals surface area contributed by atoms with Gasteiger partial charge in [0.1, 0.15) is 5.75 Å². The van der Waals surface area contributed by atoms with Gasteiger partial charge in [0.05, 0.1) is 16.8 Å². The van der Waals surface area contributed by atoms with E-state index in [9.17, 15) is 5.11 Å². The highest BCUT2D eigenvalue weighted by Crippen LogP contribution is 2.40. The summed E-state index contributed by atoms with van der Waals surface area (Å²) in [4.78, 5) is -0.142. The fraction of sp³-hybridized carbons (Fsp3) is 0.647. The molecule has 0 bridgehead atoms. The summed E-state index contributed by atoms with van der Waals surface area (Å²) >= 11 is 0. The third kappa shape index (κ3) is 3.53. The maximum absolute atomic E-state index is 11.4. The number of likely N-dealkylation sites (N-methyl/N-ethyl adjacent to an activating group) is 1. The molecule has 1 atom stereocenters. The van der Waals surface area contributed by atoms with Gasteiger partial charge < -0.3 is 14.7 Å². The second-order valence-electron chi connectivity index (χ2n) is 5.23. The van der Waals surface area contributed by atoms with Crippen molar-refractivity contribution in [3.05, 3.63) is 29.8 Å². The topological polar surface area (TPSA) is 32.7 Å². The van der Waals surface area contributed by atoms with E-state index in [2.05, 4.69) is 0 Å². The Morgan fingerprint density at radius 1 is 1.30 bits per heavy atom. The second kappa shape index (κ2) is 6.59. The van der Waals surface area contributed by atoms with Crippen LogP contribution in [0.4, 0.5) is 0 Å². The molecule has 1 aromatic rings. The van der Waals surface area contributed by atoms with E-state index in [1.807, 2.05) is 0 Å². The molecule has 3 nitrogen and oxygen atoms in total. The van der Waals surface area contributed by atoms with Crippen molar-refractivity contribution in [1.29, 1.82) is 0 Å². The molecule has 2 rings (SSSR count). The normalized spacial score (nSPS) is 30.6. The number of ether oxygens (including phenoxy) is 1. The molecule has 0 aromatic heterocycles. The van der Waals surface area contributed by atoms with Gasteiger partial charge in [-0.05, 0) is 44.5 Å². The van der Waals surface area contributed by atoms with Gasteiger partial charge in [0, 0.05) is 23.4 Å². The lowest BCUT2D eigenvalue weighted by Crippen LogP contribution is -2.42. The molecule has 20 heavy (non-hydrogen) atoms. The summed E-state index contributed by atoms with van der Waals surface area (Å²) in [6.45, 7) is -9.60. The monoisotopic (exact) mass is 288 g/mol. The molecule has 0 saturated heterocycles. The number of hydrogen-bond acceptors (Lipinski definition) is 3. The van der Waals surface area contributed by atoms with Gasteiger partial charge in [-0.2, -0.15) is 0 Å². The molecule has 1 saturated carbocycles. The van der Waals surface area contributed by atoms with E-state index >= 15 is 0 Å². The first-order chi connectivity index (χ1) is 13.9. The zero-order chi connectivity index (χ0) is 23.9. The smallest absolute Gasteiger partial charge is 0.118 e. The molecule has 1 unspecified atom stereocenters. The van der Waals surface area contributed by atoms with Crippen LogP contribution in [0.3, 0.4) is 0 Å². The third-order valence-electron chi connectivity index (χ3n) is 3.85. The molecule has 1 aliphatic carbocycles. The van der Waals surface area contributed by atoms with Crippen molar-refractivity contribution in [2.24, 2.45) is 0 Å². The van der Waals surface area contributed by atoms with Crippen molar-refractivity contribution in [2.75, 3.05) is 27.5 Å². The largest absolute Gasteiger partial charge is 0.497 e. The van der Waals surface area contributed by atoms with Crippen LogP contribution >= 0.6 is 0 Å². The van der Waals surface area contributed by atoms with Crippen LogP contribution in [-0.4, -0.2) is 43.1 Å². The van der Waals surface area contributed by atoms with Crippen molar-refractivity contribution in [3.63, 3.8) is 0 Å². The molecule has 0 aliphatic heterocycles. The van der Waals surface area contributed by atoms with Crippen LogP contribution in [0.1, 0.15) is 58.7 Å². The van der Waals surface area contributed by atoms with Gasteiger partial charge in [-0.25, -0.2) is 0 Å². The van der Waals surface area contributed by atoms with Gasteiger partial charge in [0.2, 0.25) is 0 Å². The van der Waals surface area contributed by atoms with Gasteiger partial charge in [-0.3, -0.25) is 0 Å². The van der Waals surface area contributed by atoms with Gasteiger partial charge in [0.25, 0.3) is 0 Å². The Bertz CT molecular complexity index is 720. The lowest BCUT2D eigenvalue weighted by Gasteiger charge is -2.40. The van der Waals surface area contributed by atoms with Crippen LogP contribution in [0.5, 0.6) is 5.75 Å². The van der Waals surface area contributed by atoms with Crippen molar-refractivity contribution >= 4 is 0 Å². The number of aliphatic hydroxyl groups is 1. The third-order valence-corrected chi connectivity index (χ3v) is 3.85. The number of methoxy groups -OCH3 is 1. The summed E-state index contributed by atoms with van der Waals surface area (Å²) in [7, 11) is -2.70. The van der Waals surface area contributed by atoms with Crippen LogP contribution in [0.2, 0.25) is 0 Å². The SMILES string of the molecule is [2H]C([2H])([2H])Oc1ccc(C(C2(O)CCCCC2)C([2H])([2H])N(C([2H])([2H])[2H])C([2H])([2H])[2H])cc1. The maximum Gasteiger partial charge on any atom is 0.118 e. The zero-order valence-corrected chi connectivity index (χ0v) is 11.2. The number of rotatable bonds is 5. The molecule has 0 radical (unpaired) electrons. The predicted octanol–water partition coefficient (Wildman–Crippen LogP) is 3.04. The average Bonchev–Trinajstić information content (AvgIpc) is 2.52. The van der Waals surface area contributed by atoms with Crippen LogP contribution in [0.15, 0.2) is 24.3 Å². The van der Waals surface area contributed by atoms with E-state index in [0.717, 1.165) is 6.42 Å². The van der Waals surface area contributed by atoms with Gasteiger partial charge in [0.15, 0.2) is 0 Å². The molecule has 0 amide bonds. The summed E-state index contributed by atoms with van der Waals surface area (Å²) in [5.74, 6) is -1.55. The van der Waals surface area contributed by atoms with Crippen molar-refractivity contribution in [1.82, 2.24) is 4.90 Å². The molecule has 1 aromatic carbocycles. The Labute approximate surface area is 138 Å². The van der Waals surface area contributed by atoms with E-state index in [0.29, 0.717) is 12.8 Å². The number of nitrogens with zero attached hydrogens (tertiary/aromatic N) is 1. The van der Waals surface area contributed by atoms with E-state index in [1.165, 1.54) is 24.3 Å². The molecule has 0 spiro atoms. The van der Waals surface area contributed by atoms with E-state index in [-0.39, 0.29) is 29.1 Å². The van der Waals surface area contributed by atoms with E-state index in [1.54, 1.807) is 0 Å². The summed E-state index contributed by atoms with van der Waals surface area (Å²) in [6, 6.07) is 5.19. The fourth-order valence-electron chi connectivity index (χ4n) is 2.82. The Hall–Kier alpha value is -1.06. The predicted molar refractivity (Wildman–Crippen MR) is 82.3 cm³/mol. The fourth-order valence-corrected chi connectivity index (χ4v) is 2.82. The van der Waals surface area contributed by atoms with Crippen molar-refractivity contribution in [3.8, 4) is 5.75 Å². The van der Waals surface area contributed by atoms with Crippen LogP contribution in [0.25, 0.3) is 0 Å². The lowest BCUT2D eigenvalue weighted by atomic mass is 9.72. The Balaban J connectivity index is 2.60. The highest BCUT2D eigenvalue weighted by Gasteiger charge is 2.38. The van der Waals surface area contributed by atoms with Gasteiger partial charge >= 0.3 is 0 Å². The molecule has 112 valence electrons. The molecular weight excluding hydrogens is 250 g/mol. The molecule has 1 fully saturated rings. The Morgan fingerprint density at radius 2 is 2.00 bits per heavy atom. The molecule has 3 heteroatoms. The van der Waals surface area contributed by atoms with Crippen LogP contribution < -0.4 is 4.74 Å². The Morgan fingerprint density at radius 3 is 2.60 bits per heavy atom. The minimum Gasteiger partial charge on any atom is -0.497 e. The van der Waals surface area contributed by atoms with E-state index in [4.69, 9.17) is 19.8 Å². The van der Waals surface area contributed by atoms with Crippen molar-refractivity contribution < 1.29 is 24.9 Å². The van der Waals surface area contributed by atoms with Gasteiger partial charge in [-0.1, -0.05) is 31.4 Å². The average molecular weight is 288 g/mol. The minimum atomic E-state index is -3.30. The molecule has 1 N–H and O–H groups in total. The lowest BCUT2D eigenvalue weighted by molar-refractivity contribution is -0.0277. The highest BCUT2D eigenvalue weighted by atomic mass is 16.5. The van der Waals surface area contributed by atoms with Crippen molar-refractivity contribution in [2.45, 2.75) is 43.6 Å². The number of hydrogen-bond donors (Lipinski definition) is 1. The zero-order valence-electron chi connectivity index (χ0n) is 22.2. The van der Waals surface area contributed by atoms with E-state index < -0.39 is 39.0 Å². The Kier molecular flexibility index (Phi) is 2.10. The number of benzene rings is 1. The summed E-state index contributed by atoms with van der Waals surface area (Å²) in [6.07, 6.45) is 2.29. The first-order valence-corrected chi connectivity index (χ1v) is 6.70. The second-order valence-corrected chi connectivity index (χ2v) is 5.23. The minimum absolute atomic E-state index is 0.0257. The highest BCUT2D eigenvalue weighted by molar-refractivity contribution is 5.31. The first-order valence-electron chi connectivity index (χ1n) is 12.2. The summed E-state index contributed by atoms with van der Waals surface area (Å²) < 4.78 is 89.6. The first kappa shape index (κ1) is 6.37. The van der Waals surface area contributed by atoms with Gasteiger partial charge in [-0.15, -0.1) is 0 Å². The quantitative estimate of drug-likeness (QED) is 0.904. The summed E-state index contributed by atoms with van der Waals surface area (Å²) in [5, 5.41) is 11.4. The summed E-state index contributed by atoms with van der Waals surface area (Å²) in [5.41, 5.74) is -1.55. The van der Waals surface area contributed by atoms with Crippen LogP contribution in [-0.2, 0) is 0 Å². The maximum atomic E-state index is 11.4. The molecule has 1 aliphatic rings. The molecule has 0 heterocycles.